The zero-order valence-corrected chi connectivity index (χ0v) is 10.2. The number of halogens is 4. The Labute approximate surface area is 103 Å². The molecule has 8 heteroatoms. The summed E-state index contributed by atoms with van der Waals surface area (Å²) in [5.41, 5.74) is 1.76. The van der Waals surface area contributed by atoms with E-state index >= 15 is 0 Å². The lowest BCUT2D eigenvalue weighted by molar-refractivity contribution is 0.368. The number of rotatable bonds is 3. The molecule has 0 unspecified atom stereocenters. The van der Waals surface area contributed by atoms with Gasteiger partial charge < -0.3 is 22.2 Å². The van der Waals surface area contributed by atoms with Crippen molar-refractivity contribution in [1.29, 1.82) is 5.39 Å². The molecule has 0 aromatic heterocycles. The van der Waals surface area contributed by atoms with Crippen molar-refractivity contribution in [3.05, 3.63) is 29.2 Å². The van der Waals surface area contributed by atoms with Gasteiger partial charge in [-0.05, 0) is 26.0 Å². The van der Waals surface area contributed by atoms with E-state index in [2.05, 4.69) is 23.7 Å². The second-order valence-corrected chi connectivity index (χ2v) is 3.28. The summed E-state index contributed by atoms with van der Waals surface area (Å²) < 4.78 is 39.0. The summed E-state index contributed by atoms with van der Waals surface area (Å²) in [5.74, 6) is 0. The molecule has 0 aliphatic carbocycles. The molecule has 0 N–H and O–H groups in total. The van der Waals surface area contributed by atoms with Crippen molar-refractivity contribution in [2.24, 2.45) is 0 Å². The third-order valence-electron chi connectivity index (χ3n) is 2.09. The number of nitrogens with zero attached hydrogens (tertiary/aromatic N) is 3. The smallest absolute Gasteiger partial charge is 0.418 e. The topological polar surface area (TPSA) is 31.4 Å². The van der Waals surface area contributed by atoms with E-state index in [0.29, 0.717) is 5.69 Å². The first-order valence-corrected chi connectivity index (χ1v) is 5.39. The average Bonchev–Trinajstić information content (AvgIpc) is 2.29. The molecule has 0 bridgehead atoms. The Hall–Kier alpha value is -1.78. The van der Waals surface area contributed by atoms with E-state index in [1.807, 2.05) is 12.1 Å². The van der Waals surface area contributed by atoms with Crippen LogP contribution in [0.4, 0.5) is 28.6 Å². The van der Waals surface area contributed by atoms with E-state index in [1.54, 1.807) is 12.1 Å². The molecule has 1 aromatic carbocycles. The van der Waals surface area contributed by atoms with Gasteiger partial charge in [0.1, 0.15) is 0 Å². The fourth-order valence-electron chi connectivity index (χ4n) is 1.32. The summed E-state index contributed by atoms with van der Waals surface area (Å²) in [5, 5.41) is 8.49. The van der Waals surface area contributed by atoms with Crippen molar-refractivity contribution in [2.75, 3.05) is 18.0 Å². The minimum absolute atomic E-state index is 0.593. The third-order valence-corrected chi connectivity index (χ3v) is 2.09. The molecule has 0 aliphatic rings. The summed E-state index contributed by atoms with van der Waals surface area (Å²) in [4.78, 5) is 5.34. The average molecular weight is 263 g/mol. The Morgan fingerprint density at radius 3 is 1.72 bits per heavy atom. The van der Waals surface area contributed by atoms with Crippen molar-refractivity contribution in [3.63, 3.8) is 0 Å². The van der Waals surface area contributed by atoms with Gasteiger partial charge in [0.25, 0.3) is 0 Å². The van der Waals surface area contributed by atoms with Crippen molar-refractivity contribution >= 4 is 18.6 Å². The molecule has 100 valence electrons. The molecule has 18 heavy (non-hydrogen) atoms. The SMILES string of the molecule is CCN(CC)c1ccc([N+]#N)cc1.F[B-](F)(F)F. The van der Waals surface area contributed by atoms with Crippen LogP contribution >= 0.6 is 0 Å². The molecule has 0 spiro atoms. The van der Waals surface area contributed by atoms with Gasteiger partial charge in [-0.3, -0.25) is 0 Å². The van der Waals surface area contributed by atoms with Gasteiger partial charge in [0.2, 0.25) is 5.39 Å². The highest BCUT2D eigenvalue weighted by molar-refractivity contribution is 6.50. The molecule has 0 saturated heterocycles. The van der Waals surface area contributed by atoms with E-state index < -0.39 is 7.25 Å². The van der Waals surface area contributed by atoms with E-state index in [0.717, 1.165) is 18.8 Å². The molecular formula is C10H14BF4N3. The number of diazo groups is 1. The molecule has 0 atom stereocenters. The Morgan fingerprint density at radius 2 is 1.44 bits per heavy atom. The van der Waals surface area contributed by atoms with E-state index in [9.17, 15) is 17.3 Å². The van der Waals surface area contributed by atoms with Gasteiger partial charge in [-0.15, -0.1) is 0 Å². The lowest BCUT2D eigenvalue weighted by Crippen LogP contribution is -2.21. The van der Waals surface area contributed by atoms with Crippen LogP contribution in [0.3, 0.4) is 0 Å². The highest BCUT2D eigenvalue weighted by atomic mass is 19.5. The Bertz CT molecular complexity index is 376. The van der Waals surface area contributed by atoms with E-state index in [4.69, 9.17) is 5.39 Å². The molecular weight excluding hydrogens is 249 g/mol. The van der Waals surface area contributed by atoms with E-state index in [1.165, 1.54) is 0 Å². The maximum Gasteiger partial charge on any atom is 0.673 e. The van der Waals surface area contributed by atoms with Crippen LogP contribution in [0.15, 0.2) is 24.3 Å². The molecule has 0 saturated carbocycles. The lowest BCUT2D eigenvalue weighted by Gasteiger charge is -2.20. The van der Waals surface area contributed by atoms with E-state index in [-0.39, 0.29) is 0 Å². The van der Waals surface area contributed by atoms with Gasteiger partial charge in [-0.25, -0.2) is 0 Å². The molecule has 3 nitrogen and oxygen atoms in total. The van der Waals surface area contributed by atoms with Crippen LogP contribution in [-0.4, -0.2) is 20.3 Å². The molecule has 0 amide bonds. The van der Waals surface area contributed by atoms with Crippen molar-refractivity contribution in [2.45, 2.75) is 13.8 Å². The minimum atomic E-state index is -6.00. The van der Waals surface area contributed by atoms with Crippen molar-refractivity contribution in [3.8, 4) is 0 Å². The lowest BCUT2D eigenvalue weighted by atomic mass is 10.2. The van der Waals surface area contributed by atoms with Crippen LogP contribution in [-0.2, 0) is 0 Å². The Kier molecular flexibility index (Phi) is 6.79. The fraction of sp³-hybridized carbons (Fsp3) is 0.400. The van der Waals surface area contributed by atoms with Crippen LogP contribution in [0, 0.1) is 5.39 Å². The third kappa shape index (κ3) is 7.49. The van der Waals surface area contributed by atoms with Gasteiger partial charge in [0.15, 0.2) is 4.98 Å². The summed E-state index contributed by atoms with van der Waals surface area (Å²) in [6, 6.07) is 7.52. The number of hydrogen-bond acceptors (Lipinski definition) is 2. The summed E-state index contributed by atoms with van der Waals surface area (Å²) in [7, 11) is -6.00. The first kappa shape index (κ1) is 16.2. The summed E-state index contributed by atoms with van der Waals surface area (Å²) in [6.07, 6.45) is 0. The van der Waals surface area contributed by atoms with Crippen LogP contribution in [0.5, 0.6) is 0 Å². The highest BCUT2D eigenvalue weighted by Gasteiger charge is 2.20. The van der Waals surface area contributed by atoms with Crippen LogP contribution in [0.25, 0.3) is 4.98 Å². The maximum absolute atomic E-state index is 9.75. The molecule has 0 aliphatic heterocycles. The van der Waals surface area contributed by atoms with Gasteiger partial charge >= 0.3 is 12.9 Å². The standard InChI is InChI=1S/C10H14N3.BF4/c1-3-13(4-2)10-7-5-9(12-11)6-8-10;2-1(3,4)5/h5-8H,3-4H2,1-2H3;/q+1;-1. The van der Waals surface area contributed by atoms with Crippen molar-refractivity contribution in [1.82, 2.24) is 0 Å². The van der Waals surface area contributed by atoms with Crippen LogP contribution < -0.4 is 4.90 Å². The molecule has 0 fully saturated rings. The Morgan fingerprint density at radius 1 is 1.06 bits per heavy atom. The fourth-order valence-corrected chi connectivity index (χ4v) is 1.32. The number of hydrogen-bond donors (Lipinski definition) is 0. The van der Waals surface area contributed by atoms with Gasteiger partial charge in [0, 0.05) is 30.9 Å². The van der Waals surface area contributed by atoms with Gasteiger partial charge in [0.05, 0.1) is 0 Å². The zero-order valence-electron chi connectivity index (χ0n) is 10.2. The second kappa shape index (κ2) is 7.53. The molecule has 1 rings (SSSR count). The highest BCUT2D eigenvalue weighted by Crippen LogP contribution is 2.19. The minimum Gasteiger partial charge on any atom is -0.418 e. The molecule has 0 heterocycles. The molecule has 1 aromatic rings. The Balaban J connectivity index is 0.000000494. The van der Waals surface area contributed by atoms with Crippen molar-refractivity contribution < 1.29 is 17.3 Å². The second-order valence-electron chi connectivity index (χ2n) is 3.28. The zero-order chi connectivity index (χ0) is 14.2. The first-order valence-electron chi connectivity index (χ1n) is 5.39. The predicted octanol–water partition coefficient (Wildman–Crippen LogP) is 4.32. The van der Waals surface area contributed by atoms with Gasteiger partial charge in [-0.1, -0.05) is 0 Å². The predicted molar refractivity (Wildman–Crippen MR) is 64.9 cm³/mol. The monoisotopic (exact) mass is 263 g/mol. The molecule has 0 radical (unpaired) electrons. The summed E-state index contributed by atoms with van der Waals surface area (Å²) in [6.45, 7) is 6.22. The number of benzene rings is 1. The van der Waals surface area contributed by atoms with Gasteiger partial charge in [-0.2, -0.15) is 0 Å². The van der Waals surface area contributed by atoms with Crippen LogP contribution in [0.2, 0.25) is 0 Å². The first-order chi connectivity index (χ1) is 8.31. The summed E-state index contributed by atoms with van der Waals surface area (Å²) >= 11 is 0. The maximum atomic E-state index is 9.75. The normalized spacial score (nSPS) is 10.1. The largest absolute Gasteiger partial charge is 0.673 e. The van der Waals surface area contributed by atoms with Crippen LogP contribution in [0.1, 0.15) is 13.8 Å². The number of anilines is 1. The quantitative estimate of drug-likeness (QED) is 0.462.